The third kappa shape index (κ3) is 7.23. The molecule has 5 heteroatoms. The van der Waals surface area contributed by atoms with Crippen molar-refractivity contribution in [2.45, 2.75) is 39.2 Å². The fourth-order valence-corrected chi connectivity index (χ4v) is 1.19. The molecule has 0 heterocycles. The molecule has 0 bridgehead atoms. The molecular formula is C11H23N3O2. The second-order valence-corrected chi connectivity index (χ2v) is 3.74. The lowest BCUT2D eigenvalue weighted by Gasteiger charge is -2.13. The first kappa shape index (κ1) is 14.9. The first-order valence-electron chi connectivity index (χ1n) is 5.83. The zero-order valence-electron chi connectivity index (χ0n) is 10.4. The minimum absolute atomic E-state index is 0.0155. The van der Waals surface area contributed by atoms with Crippen molar-refractivity contribution in [3.8, 4) is 0 Å². The second-order valence-electron chi connectivity index (χ2n) is 3.74. The molecular weight excluding hydrogens is 206 g/mol. The van der Waals surface area contributed by atoms with Gasteiger partial charge in [-0.2, -0.15) is 0 Å². The molecule has 2 amide bonds. The standard InChI is InChI=1S/C11H23N3O2/c1-4-7-14-11(16)9(2)13-8-5-6-10(15)12-3/h9,13H,4-8H2,1-3H3,(H,12,15)(H,14,16). The number of carbonyl (C=O) groups is 2. The van der Waals surface area contributed by atoms with Crippen LogP contribution in [-0.2, 0) is 9.59 Å². The molecule has 94 valence electrons. The smallest absolute Gasteiger partial charge is 0.236 e. The maximum absolute atomic E-state index is 11.4. The Balaban J connectivity index is 3.52. The number of hydrogen-bond donors (Lipinski definition) is 3. The normalized spacial score (nSPS) is 11.9. The van der Waals surface area contributed by atoms with Gasteiger partial charge in [-0.15, -0.1) is 0 Å². The van der Waals surface area contributed by atoms with E-state index < -0.39 is 0 Å². The van der Waals surface area contributed by atoms with Gasteiger partial charge >= 0.3 is 0 Å². The third-order valence-electron chi connectivity index (χ3n) is 2.25. The number of carbonyl (C=O) groups excluding carboxylic acids is 2. The van der Waals surface area contributed by atoms with Crippen molar-refractivity contribution in [1.29, 1.82) is 0 Å². The van der Waals surface area contributed by atoms with Gasteiger partial charge in [-0.3, -0.25) is 9.59 Å². The SMILES string of the molecule is CCCNC(=O)C(C)NCCCC(=O)NC. The molecule has 0 aromatic carbocycles. The van der Waals surface area contributed by atoms with Crippen LogP contribution < -0.4 is 16.0 Å². The molecule has 1 unspecified atom stereocenters. The molecule has 0 aromatic heterocycles. The van der Waals surface area contributed by atoms with E-state index >= 15 is 0 Å². The fraction of sp³-hybridized carbons (Fsp3) is 0.818. The molecule has 0 rings (SSSR count). The molecule has 16 heavy (non-hydrogen) atoms. The molecule has 5 nitrogen and oxygen atoms in total. The molecule has 0 aromatic rings. The molecule has 0 saturated carbocycles. The van der Waals surface area contributed by atoms with E-state index in [0.29, 0.717) is 19.5 Å². The maximum Gasteiger partial charge on any atom is 0.236 e. The maximum atomic E-state index is 11.4. The molecule has 0 saturated heterocycles. The Bertz CT molecular complexity index is 219. The third-order valence-corrected chi connectivity index (χ3v) is 2.25. The molecule has 0 radical (unpaired) electrons. The Morgan fingerprint density at radius 2 is 1.94 bits per heavy atom. The number of nitrogens with one attached hydrogen (secondary N) is 3. The average molecular weight is 229 g/mol. The van der Waals surface area contributed by atoms with Crippen molar-refractivity contribution in [1.82, 2.24) is 16.0 Å². The summed E-state index contributed by atoms with van der Waals surface area (Å²) < 4.78 is 0. The molecule has 0 spiro atoms. The quantitative estimate of drug-likeness (QED) is 0.514. The van der Waals surface area contributed by atoms with Crippen molar-refractivity contribution in [2.24, 2.45) is 0 Å². The summed E-state index contributed by atoms with van der Waals surface area (Å²) in [6.07, 6.45) is 2.17. The van der Waals surface area contributed by atoms with Crippen LogP contribution in [0.15, 0.2) is 0 Å². The average Bonchev–Trinajstić information content (AvgIpc) is 2.30. The van der Waals surface area contributed by atoms with Gasteiger partial charge in [0.15, 0.2) is 0 Å². The van der Waals surface area contributed by atoms with Crippen LogP contribution in [0.3, 0.4) is 0 Å². The minimum atomic E-state index is -0.198. The van der Waals surface area contributed by atoms with E-state index in [4.69, 9.17) is 0 Å². The summed E-state index contributed by atoms with van der Waals surface area (Å²) in [5.41, 5.74) is 0. The summed E-state index contributed by atoms with van der Waals surface area (Å²) in [7, 11) is 1.62. The van der Waals surface area contributed by atoms with Crippen molar-refractivity contribution in [2.75, 3.05) is 20.1 Å². The van der Waals surface area contributed by atoms with E-state index in [9.17, 15) is 9.59 Å². The number of rotatable bonds is 8. The zero-order valence-corrected chi connectivity index (χ0v) is 10.4. The van der Waals surface area contributed by atoms with Crippen LogP contribution in [0.1, 0.15) is 33.1 Å². The molecule has 3 N–H and O–H groups in total. The highest BCUT2D eigenvalue weighted by Crippen LogP contribution is 1.89. The summed E-state index contributed by atoms with van der Waals surface area (Å²) in [4.78, 5) is 22.3. The van der Waals surface area contributed by atoms with Crippen LogP contribution >= 0.6 is 0 Å². The first-order valence-corrected chi connectivity index (χ1v) is 5.83. The van der Waals surface area contributed by atoms with E-state index in [1.165, 1.54) is 0 Å². The second kappa shape index (κ2) is 9.15. The van der Waals surface area contributed by atoms with Gasteiger partial charge in [0.1, 0.15) is 0 Å². The first-order chi connectivity index (χ1) is 7.61. The van der Waals surface area contributed by atoms with E-state index in [0.717, 1.165) is 12.8 Å². The minimum Gasteiger partial charge on any atom is -0.359 e. The highest BCUT2D eigenvalue weighted by molar-refractivity contribution is 5.81. The fourth-order valence-electron chi connectivity index (χ4n) is 1.19. The van der Waals surface area contributed by atoms with E-state index in [1.54, 1.807) is 7.05 Å². The molecule has 0 fully saturated rings. The van der Waals surface area contributed by atoms with Crippen LogP contribution in [-0.4, -0.2) is 38.0 Å². The van der Waals surface area contributed by atoms with Gasteiger partial charge in [-0.05, 0) is 26.3 Å². The van der Waals surface area contributed by atoms with Crippen molar-refractivity contribution in [3.05, 3.63) is 0 Å². The van der Waals surface area contributed by atoms with Gasteiger partial charge < -0.3 is 16.0 Å². The Kier molecular flexibility index (Phi) is 8.52. The van der Waals surface area contributed by atoms with Crippen LogP contribution in [0.2, 0.25) is 0 Å². The lowest BCUT2D eigenvalue weighted by atomic mass is 10.2. The zero-order chi connectivity index (χ0) is 12.4. The summed E-state index contributed by atoms with van der Waals surface area (Å²) in [6, 6.07) is -0.198. The monoisotopic (exact) mass is 229 g/mol. The molecule has 0 aliphatic heterocycles. The van der Waals surface area contributed by atoms with Gasteiger partial charge in [0.25, 0.3) is 0 Å². The van der Waals surface area contributed by atoms with Gasteiger partial charge in [0.2, 0.25) is 11.8 Å². The number of amides is 2. The highest BCUT2D eigenvalue weighted by atomic mass is 16.2. The topological polar surface area (TPSA) is 70.2 Å². The van der Waals surface area contributed by atoms with Gasteiger partial charge in [0.05, 0.1) is 6.04 Å². The number of hydrogen-bond acceptors (Lipinski definition) is 3. The molecule has 0 aliphatic carbocycles. The van der Waals surface area contributed by atoms with E-state index in [-0.39, 0.29) is 17.9 Å². The van der Waals surface area contributed by atoms with Gasteiger partial charge in [-0.1, -0.05) is 6.92 Å². The Hall–Kier alpha value is -1.10. The summed E-state index contributed by atoms with van der Waals surface area (Å²) in [5.74, 6) is 0.0479. The van der Waals surface area contributed by atoms with Gasteiger partial charge in [-0.25, -0.2) is 0 Å². The molecule has 1 atom stereocenters. The van der Waals surface area contributed by atoms with Crippen molar-refractivity contribution in [3.63, 3.8) is 0 Å². The molecule has 0 aliphatic rings. The Morgan fingerprint density at radius 1 is 1.25 bits per heavy atom. The Morgan fingerprint density at radius 3 is 2.50 bits per heavy atom. The van der Waals surface area contributed by atoms with Crippen LogP contribution in [0.5, 0.6) is 0 Å². The van der Waals surface area contributed by atoms with Crippen LogP contribution in [0, 0.1) is 0 Å². The predicted octanol–water partition coefficient (Wildman–Crippen LogP) is 0.0169. The summed E-state index contributed by atoms with van der Waals surface area (Å²) in [6.45, 7) is 5.23. The lowest BCUT2D eigenvalue weighted by molar-refractivity contribution is -0.122. The summed E-state index contributed by atoms with van der Waals surface area (Å²) >= 11 is 0. The Labute approximate surface area is 97.4 Å². The van der Waals surface area contributed by atoms with Crippen LogP contribution in [0.25, 0.3) is 0 Å². The van der Waals surface area contributed by atoms with E-state index in [2.05, 4.69) is 16.0 Å². The summed E-state index contributed by atoms with van der Waals surface area (Å²) in [5, 5.41) is 8.45. The predicted molar refractivity (Wildman–Crippen MR) is 64.1 cm³/mol. The lowest BCUT2D eigenvalue weighted by Crippen LogP contribution is -2.42. The highest BCUT2D eigenvalue weighted by Gasteiger charge is 2.10. The van der Waals surface area contributed by atoms with Gasteiger partial charge in [0, 0.05) is 20.0 Å². The van der Waals surface area contributed by atoms with Crippen LogP contribution in [0.4, 0.5) is 0 Å². The largest absolute Gasteiger partial charge is 0.359 e. The van der Waals surface area contributed by atoms with E-state index in [1.807, 2.05) is 13.8 Å². The van der Waals surface area contributed by atoms with Crippen molar-refractivity contribution >= 4 is 11.8 Å². The van der Waals surface area contributed by atoms with Crippen molar-refractivity contribution < 1.29 is 9.59 Å².